The van der Waals surface area contributed by atoms with Gasteiger partial charge in [0.15, 0.2) is 6.61 Å². The molecule has 0 bridgehead atoms. The van der Waals surface area contributed by atoms with Crippen molar-refractivity contribution < 1.29 is 23.9 Å². The number of benzene rings is 3. The first-order chi connectivity index (χ1) is 15.5. The number of aryl methyl sites for hydroxylation is 1. The second-order valence-electron chi connectivity index (χ2n) is 7.02. The SMILES string of the molecule is COc1ccc(C)cc1NC(=O)CNC(=O)COC(=O)c1ccccc1-c1ccccc1. The smallest absolute Gasteiger partial charge is 0.339 e. The Hall–Kier alpha value is -4.13. The maximum atomic E-state index is 12.5. The van der Waals surface area contributed by atoms with E-state index in [9.17, 15) is 14.4 Å². The van der Waals surface area contributed by atoms with Crippen LogP contribution >= 0.6 is 0 Å². The van der Waals surface area contributed by atoms with Gasteiger partial charge in [0, 0.05) is 0 Å². The van der Waals surface area contributed by atoms with Crippen molar-refractivity contribution in [2.45, 2.75) is 6.92 Å². The number of rotatable bonds is 8. The fraction of sp³-hybridized carbons (Fsp3) is 0.160. The van der Waals surface area contributed by atoms with Crippen molar-refractivity contribution in [2.75, 3.05) is 25.6 Å². The van der Waals surface area contributed by atoms with Gasteiger partial charge < -0.3 is 20.1 Å². The standard InChI is InChI=1S/C25H24N2O5/c1-17-12-13-22(31-2)21(14-17)27-23(28)15-26-24(29)16-32-25(30)20-11-7-6-10-19(20)18-8-4-3-5-9-18/h3-14H,15-16H2,1-2H3,(H,26,29)(H,27,28). The zero-order valence-corrected chi connectivity index (χ0v) is 17.9. The number of carbonyl (C=O) groups excluding carboxylic acids is 3. The van der Waals surface area contributed by atoms with Crippen LogP contribution in [0.4, 0.5) is 5.69 Å². The molecular formula is C25H24N2O5. The topological polar surface area (TPSA) is 93.7 Å². The van der Waals surface area contributed by atoms with E-state index < -0.39 is 24.4 Å². The molecule has 7 heteroatoms. The van der Waals surface area contributed by atoms with E-state index in [0.29, 0.717) is 22.6 Å². The van der Waals surface area contributed by atoms with E-state index in [0.717, 1.165) is 11.1 Å². The summed E-state index contributed by atoms with van der Waals surface area (Å²) in [5.74, 6) is -1.11. The Bertz CT molecular complexity index is 1110. The van der Waals surface area contributed by atoms with E-state index in [1.807, 2.05) is 55.5 Å². The van der Waals surface area contributed by atoms with Gasteiger partial charge >= 0.3 is 5.97 Å². The van der Waals surface area contributed by atoms with Crippen LogP contribution in [-0.2, 0) is 14.3 Å². The Balaban J connectivity index is 1.52. The molecule has 32 heavy (non-hydrogen) atoms. The van der Waals surface area contributed by atoms with Crippen molar-refractivity contribution in [1.29, 1.82) is 0 Å². The lowest BCUT2D eigenvalue weighted by Crippen LogP contribution is -2.35. The van der Waals surface area contributed by atoms with Gasteiger partial charge in [-0.1, -0.05) is 54.6 Å². The molecule has 0 saturated carbocycles. The third-order valence-electron chi connectivity index (χ3n) is 4.64. The number of hydrogen-bond acceptors (Lipinski definition) is 5. The van der Waals surface area contributed by atoms with Crippen molar-refractivity contribution in [2.24, 2.45) is 0 Å². The van der Waals surface area contributed by atoms with Crippen LogP contribution in [0.15, 0.2) is 72.8 Å². The molecular weight excluding hydrogens is 408 g/mol. The van der Waals surface area contributed by atoms with Crippen LogP contribution in [0.2, 0.25) is 0 Å². The number of esters is 1. The average molecular weight is 432 g/mol. The highest BCUT2D eigenvalue weighted by molar-refractivity contribution is 5.99. The van der Waals surface area contributed by atoms with Gasteiger partial charge in [0.1, 0.15) is 5.75 Å². The summed E-state index contributed by atoms with van der Waals surface area (Å²) < 4.78 is 10.4. The highest BCUT2D eigenvalue weighted by Gasteiger charge is 2.16. The number of amides is 2. The molecule has 0 aliphatic carbocycles. The molecule has 0 unspecified atom stereocenters. The van der Waals surface area contributed by atoms with Crippen LogP contribution in [0.25, 0.3) is 11.1 Å². The lowest BCUT2D eigenvalue weighted by molar-refractivity contribution is -0.126. The average Bonchev–Trinajstić information content (AvgIpc) is 2.82. The quantitative estimate of drug-likeness (QED) is 0.531. The lowest BCUT2D eigenvalue weighted by Gasteiger charge is -2.12. The minimum absolute atomic E-state index is 0.270. The molecule has 164 valence electrons. The maximum absolute atomic E-state index is 12.5. The molecule has 0 saturated heterocycles. The van der Waals surface area contributed by atoms with Crippen molar-refractivity contribution in [3.05, 3.63) is 83.9 Å². The summed E-state index contributed by atoms with van der Waals surface area (Å²) in [7, 11) is 1.51. The van der Waals surface area contributed by atoms with Crippen LogP contribution in [0, 0.1) is 6.92 Å². The summed E-state index contributed by atoms with van der Waals surface area (Å²) >= 11 is 0. The maximum Gasteiger partial charge on any atom is 0.339 e. The van der Waals surface area contributed by atoms with Crippen LogP contribution in [0.3, 0.4) is 0 Å². The predicted molar refractivity (Wildman–Crippen MR) is 122 cm³/mol. The Labute approximate surface area is 186 Å². The molecule has 0 aromatic heterocycles. The van der Waals surface area contributed by atoms with E-state index >= 15 is 0 Å². The lowest BCUT2D eigenvalue weighted by atomic mass is 10.00. The molecule has 3 rings (SSSR count). The highest BCUT2D eigenvalue weighted by atomic mass is 16.5. The van der Waals surface area contributed by atoms with Crippen LogP contribution < -0.4 is 15.4 Å². The second-order valence-corrected chi connectivity index (χ2v) is 7.02. The van der Waals surface area contributed by atoms with Crippen molar-refractivity contribution in [1.82, 2.24) is 5.32 Å². The second kappa shape index (κ2) is 10.8. The number of nitrogens with one attached hydrogen (secondary N) is 2. The number of methoxy groups -OCH3 is 1. The van der Waals surface area contributed by atoms with Gasteiger partial charge in [-0.3, -0.25) is 9.59 Å². The number of hydrogen-bond donors (Lipinski definition) is 2. The Kier molecular flexibility index (Phi) is 7.59. The molecule has 0 spiro atoms. The van der Waals surface area contributed by atoms with Gasteiger partial charge in [-0.15, -0.1) is 0 Å². The van der Waals surface area contributed by atoms with Gasteiger partial charge in [0.25, 0.3) is 5.91 Å². The zero-order valence-electron chi connectivity index (χ0n) is 17.9. The summed E-state index contributed by atoms with van der Waals surface area (Å²) in [4.78, 5) is 36.8. The van der Waals surface area contributed by atoms with Crippen molar-refractivity contribution in [3.8, 4) is 16.9 Å². The predicted octanol–water partition coefficient (Wildman–Crippen LogP) is 3.58. The first-order valence-electron chi connectivity index (χ1n) is 10.0. The molecule has 0 heterocycles. The normalized spacial score (nSPS) is 10.2. The zero-order chi connectivity index (χ0) is 22.9. The molecule has 0 aliphatic heterocycles. The summed E-state index contributed by atoms with van der Waals surface area (Å²) in [6, 6.07) is 21.8. The fourth-order valence-electron chi connectivity index (χ4n) is 3.08. The van der Waals surface area contributed by atoms with E-state index in [2.05, 4.69) is 10.6 Å². The van der Waals surface area contributed by atoms with Gasteiger partial charge in [-0.25, -0.2) is 4.79 Å². The van der Waals surface area contributed by atoms with Crippen LogP contribution in [-0.4, -0.2) is 38.0 Å². The summed E-state index contributed by atoms with van der Waals surface area (Å²) in [6.45, 7) is 1.12. The van der Waals surface area contributed by atoms with Crippen LogP contribution in [0.1, 0.15) is 15.9 Å². The van der Waals surface area contributed by atoms with E-state index in [1.165, 1.54) is 7.11 Å². The highest BCUT2D eigenvalue weighted by Crippen LogP contribution is 2.25. The first kappa shape index (κ1) is 22.6. The molecule has 2 N–H and O–H groups in total. The number of ether oxygens (including phenoxy) is 2. The van der Waals surface area contributed by atoms with Gasteiger partial charge in [-0.2, -0.15) is 0 Å². The first-order valence-corrected chi connectivity index (χ1v) is 10.0. The van der Waals surface area contributed by atoms with Gasteiger partial charge in [-0.05, 0) is 41.8 Å². The van der Waals surface area contributed by atoms with E-state index in [4.69, 9.17) is 9.47 Å². The van der Waals surface area contributed by atoms with E-state index in [-0.39, 0.29) is 6.54 Å². The Morgan fingerprint density at radius 3 is 2.34 bits per heavy atom. The monoisotopic (exact) mass is 432 g/mol. The fourth-order valence-corrected chi connectivity index (χ4v) is 3.08. The Morgan fingerprint density at radius 1 is 0.875 bits per heavy atom. The largest absolute Gasteiger partial charge is 0.495 e. The van der Waals surface area contributed by atoms with Crippen molar-refractivity contribution in [3.63, 3.8) is 0 Å². The van der Waals surface area contributed by atoms with E-state index in [1.54, 1.807) is 24.3 Å². The molecule has 2 amide bonds. The summed E-state index contributed by atoms with van der Waals surface area (Å²) in [5.41, 5.74) is 3.40. The minimum atomic E-state index is -0.617. The third-order valence-corrected chi connectivity index (χ3v) is 4.64. The molecule has 0 fully saturated rings. The van der Waals surface area contributed by atoms with Crippen LogP contribution in [0.5, 0.6) is 5.75 Å². The molecule has 3 aromatic carbocycles. The molecule has 0 radical (unpaired) electrons. The molecule has 0 aliphatic rings. The van der Waals surface area contributed by atoms with Gasteiger partial charge in [0.2, 0.25) is 5.91 Å². The van der Waals surface area contributed by atoms with Crippen molar-refractivity contribution >= 4 is 23.5 Å². The van der Waals surface area contributed by atoms with Gasteiger partial charge in [0.05, 0.1) is 24.9 Å². The molecule has 7 nitrogen and oxygen atoms in total. The third kappa shape index (κ3) is 5.95. The Morgan fingerprint density at radius 2 is 1.59 bits per heavy atom. The number of anilines is 1. The summed E-state index contributed by atoms with van der Waals surface area (Å²) in [5, 5.41) is 5.13. The molecule has 3 aromatic rings. The minimum Gasteiger partial charge on any atom is -0.495 e. The molecule has 0 atom stereocenters. The summed E-state index contributed by atoms with van der Waals surface area (Å²) in [6.07, 6.45) is 0. The number of carbonyl (C=O) groups is 3.